The molecule has 0 saturated heterocycles. The maximum Gasteiger partial charge on any atom is 0.137 e. The molecule has 1 aromatic rings. The molecule has 0 aliphatic carbocycles. The van der Waals surface area contributed by atoms with Crippen LogP contribution < -0.4 is 5.32 Å². The zero-order chi connectivity index (χ0) is 14.3. The zero-order valence-electron chi connectivity index (χ0n) is 12.0. The number of rotatable bonds is 7. The Morgan fingerprint density at radius 3 is 2.47 bits per heavy atom. The highest BCUT2D eigenvalue weighted by molar-refractivity contribution is 5.98. The summed E-state index contributed by atoms with van der Waals surface area (Å²) in [6, 6.07) is 8.17. The van der Waals surface area contributed by atoms with Gasteiger partial charge in [-0.1, -0.05) is 43.3 Å². The van der Waals surface area contributed by atoms with Gasteiger partial charge in [0, 0.05) is 6.04 Å². The van der Waals surface area contributed by atoms with E-state index in [1.54, 1.807) is 0 Å². The molecule has 4 heteroatoms. The predicted molar refractivity (Wildman–Crippen MR) is 77.5 cm³/mol. The van der Waals surface area contributed by atoms with E-state index in [1.807, 2.05) is 45.0 Å². The Kier molecular flexibility index (Phi) is 6.22. The number of carbonyl (C=O) groups excluding carboxylic acids is 1. The fourth-order valence-corrected chi connectivity index (χ4v) is 1.90. The lowest BCUT2D eigenvalue weighted by atomic mass is 10.0. The summed E-state index contributed by atoms with van der Waals surface area (Å²) < 4.78 is 0. The average Bonchev–Trinajstić information content (AvgIpc) is 2.38. The molecule has 0 bridgehead atoms. The average molecular weight is 262 g/mol. The number of oxime groups is 1. The third kappa shape index (κ3) is 5.22. The summed E-state index contributed by atoms with van der Waals surface area (Å²) in [4.78, 5) is 15.8. The normalized spacial score (nSPS) is 13.4. The summed E-state index contributed by atoms with van der Waals surface area (Å²) in [5.41, 5.74) is 2.98. The van der Waals surface area contributed by atoms with E-state index < -0.39 is 0 Å². The van der Waals surface area contributed by atoms with Gasteiger partial charge in [-0.25, -0.2) is 0 Å². The van der Waals surface area contributed by atoms with Gasteiger partial charge in [-0.3, -0.25) is 0 Å². The summed E-state index contributed by atoms with van der Waals surface area (Å²) in [5, 5.41) is 7.11. The molecule has 0 aromatic heterocycles. The minimum atomic E-state index is -0.139. The number of aldehydes is 1. The molecular formula is C15H22N2O2. The van der Waals surface area contributed by atoms with Crippen molar-refractivity contribution in [2.75, 3.05) is 7.11 Å². The number of benzene rings is 1. The van der Waals surface area contributed by atoms with Crippen molar-refractivity contribution in [2.45, 2.75) is 39.3 Å². The molecule has 0 heterocycles. The lowest BCUT2D eigenvalue weighted by Gasteiger charge is -2.15. The van der Waals surface area contributed by atoms with E-state index in [1.165, 1.54) is 7.11 Å². The Bertz CT molecular complexity index is 424. The highest BCUT2D eigenvalue weighted by Crippen LogP contribution is 2.08. The first kappa shape index (κ1) is 15.4. The fraction of sp³-hybridized carbons (Fsp3) is 0.467. The molecule has 1 unspecified atom stereocenters. The van der Waals surface area contributed by atoms with Crippen LogP contribution in [0.1, 0.15) is 31.9 Å². The molecule has 0 fully saturated rings. The molecule has 1 aromatic carbocycles. The van der Waals surface area contributed by atoms with Gasteiger partial charge in [0.05, 0.1) is 11.8 Å². The molecule has 0 aliphatic heterocycles. The summed E-state index contributed by atoms with van der Waals surface area (Å²) in [5.74, 6) is 0. The third-order valence-corrected chi connectivity index (χ3v) is 2.77. The molecule has 19 heavy (non-hydrogen) atoms. The number of nitrogens with one attached hydrogen (secondary N) is 1. The molecule has 1 atom stereocenters. The van der Waals surface area contributed by atoms with Crippen LogP contribution in [0.15, 0.2) is 29.4 Å². The summed E-state index contributed by atoms with van der Waals surface area (Å²) in [6.45, 7) is 5.96. The zero-order valence-corrected chi connectivity index (χ0v) is 12.0. The molecule has 0 aliphatic rings. The lowest BCUT2D eigenvalue weighted by Crippen LogP contribution is -2.37. The second-order valence-electron chi connectivity index (χ2n) is 4.82. The van der Waals surface area contributed by atoms with Crippen molar-refractivity contribution in [2.24, 2.45) is 5.16 Å². The van der Waals surface area contributed by atoms with Crippen LogP contribution in [0.2, 0.25) is 0 Å². The van der Waals surface area contributed by atoms with Crippen LogP contribution >= 0.6 is 0 Å². The Labute approximate surface area is 114 Å². The van der Waals surface area contributed by atoms with Crippen molar-refractivity contribution in [3.63, 3.8) is 0 Å². The molecule has 1 rings (SSSR count). The van der Waals surface area contributed by atoms with Gasteiger partial charge in [-0.05, 0) is 24.5 Å². The minimum absolute atomic E-state index is 0.139. The van der Waals surface area contributed by atoms with E-state index in [0.29, 0.717) is 12.5 Å². The number of hydrogen-bond donors (Lipinski definition) is 1. The Morgan fingerprint density at radius 2 is 2.00 bits per heavy atom. The predicted octanol–water partition coefficient (Wildman–Crippen LogP) is 2.17. The molecule has 1 N–H and O–H groups in total. The van der Waals surface area contributed by atoms with Gasteiger partial charge < -0.3 is 14.9 Å². The van der Waals surface area contributed by atoms with Crippen molar-refractivity contribution in [1.29, 1.82) is 0 Å². The van der Waals surface area contributed by atoms with Crippen LogP contribution in [0.25, 0.3) is 0 Å². The largest absolute Gasteiger partial charge is 0.399 e. The van der Waals surface area contributed by atoms with E-state index >= 15 is 0 Å². The van der Waals surface area contributed by atoms with E-state index in [0.717, 1.165) is 23.1 Å². The van der Waals surface area contributed by atoms with Crippen molar-refractivity contribution in [1.82, 2.24) is 5.32 Å². The van der Waals surface area contributed by atoms with Crippen molar-refractivity contribution >= 4 is 12.0 Å². The summed E-state index contributed by atoms with van der Waals surface area (Å²) in [7, 11) is 1.53. The quantitative estimate of drug-likeness (QED) is 0.465. The van der Waals surface area contributed by atoms with Crippen LogP contribution in [-0.2, 0) is 16.1 Å². The maximum atomic E-state index is 11.0. The fourth-order valence-electron chi connectivity index (χ4n) is 1.90. The van der Waals surface area contributed by atoms with Crippen molar-refractivity contribution in [3.8, 4) is 0 Å². The highest BCUT2D eigenvalue weighted by atomic mass is 16.6. The third-order valence-electron chi connectivity index (χ3n) is 2.77. The van der Waals surface area contributed by atoms with Gasteiger partial charge in [-0.2, -0.15) is 0 Å². The van der Waals surface area contributed by atoms with Crippen molar-refractivity contribution < 1.29 is 9.63 Å². The number of hydrogen-bond acceptors (Lipinski definition) is 4. The van der Waals surface area contributed by atoms with Crippen LogP contribution in [0, 0.1) is 0 Å². The highest BCUT2D eigenvalue weighted by Gasteiger charge is 2.09. The SMILES string of the molecule is CO/N=C(/C)c1ccc(CC(C=O)NC(C)C)cc1. The van der Waals surface area contributed by atoms with Crippen LogP contribution in [0.3, 0.4) is 0 Å². The molecule has 0 saturated carbocycles. The van der Waals surface area contributed by atoms with Crippen LogP contribution in [-0.4, -0.2) is 31.2 Å². The summed E-state index contributed by atoms with van der Waals surface area (Å²) in [6.07, 6.45) is 1.66. The standard InChI is InChI=1S/C15H22N2O2/c1-11(2)16-15(10-18)9-13-5-7-14(8-6-13)12(3)17-19-4/h5-8,10-11,15-16H,9H2,1-4H3/b17-12-. The van der Waals surface area contributed by atoms with E-state index in [9.17, 15) is 4.79 Å². The van der Waals surface area contributed by atoms with Crippen LogP contribution in [0.5, 0.6) is 0 Å². The Balaban J connectivity index is 2.70. The van der Waals surface area contributed by atoms with E-state index in [2.05, 4.69) is 10.5 Å². The lowest BCUT2D eigenvalue weighted by molar-refractivity contribution is -0.109. The summed E-state index contributed by atoms with van der Waals surface area (Å²) >= 11 is 0. The molecular weight excluding hydrogens is 240 g/mol. The smallest absolute Gasteiger partial charge is 0.137 e. The monoisotopic (exact) mass is 262 g/mol. The van der Waals surface area contributed by atoms with Gasteiger partial charge in [0.1, 0.15) is 13.4 Å². The van der Waals surface area contributed by atoms with E-state index in [-0.39, 0.29) is 6.04 Å². The van der Waals surface area contributed by atoms with Gasteiger partial charge in [0.25, 0.3) is 0 Å². The first-order valence-electron chi connectivity index (χ1n) is 6.45. The molecule has 0 radical (unpaired) electrons. The van der Waals surface area contributed by atoms with Crippen molar-refractivity contribution in [3.05, 3.63) is 35.4 Å². The van der Waals surface area contributed by atoms with Gasteiger partial charge >= 0.3 is 0 Å². The minimum Gasteiger partial charge on any atom is -0.399 e. The molecule has 0 spiro atoms. The topological polar surface area (TPSA) is 50.7 Å². The number of carbonyl (C=O) groups is 1. The van der Waals surface area contributed by atoms with Crippen LogP contribution in [0.4, 0.5) is 0 Å². The first-order valence-corrected chi connectivity index (χ1v) is 6.45. The molecule has 104 valence electrons. The maximum absolute atomic E-state index is 11.0. The van der Waals surface area contributed by atoms with Gasteiger partial charge in [0.2, 0.25) is 0 Å². The van der Waals surface area contributed by atoms with Gasteiger partial charge in [0.15, 0.2) is 0 Å². The second kappa shape index (κ2) is 7.69. The molecule has 4 nitrogen and oxygen atoms in total. The Morgan fingerprint density at radius 1 is 1.37 bits per heavy atom. The second-order valence-corrected chi connectivity index (χ2v) is 4.82. The van der Waals surface area contributed by atoms with Gasteiger partial charge in [-0.15, -0.1) is 0 Å². The number of nitrogens with zero attached hydrogens (tertiary/aromatic N) is 1. The first-order chi connectivity index (χ1) is 9.06. The van der Waals surface area contributed by atoms with E-state index in [4.69, 9.17) is 4.84 Å². The molecule has 0 amide bonds. The Hall–Kier alpha value is -1.68.